The number of benzene rings is 2. The van der Waals surface area contributed by atoms with Gasteiger partial charge in [0.05, 0.1) is 11.4 Å². The van der Waals surface area contributed by atoms with Crippen LogP contribution in [0.5, 0.6) is 0 Å². The number of hydrogen-bond donors (Lipinski definition) is 1. The topological polar surface area (TPSA) is 38.4 Å². The van der Waals surface area contributed by atoms with Crippen LogP contribution in [0.4, 0.5) is 11.4 Å². The minimum absolute atomic E-state index is 0.658. The molecule has 0 spiro atoms. The van der Waals surface area contributed by atoms with E-state index in [-0.39, 0.29) is 0 Å². The molecule has 2 N–H and O–H groups in total. The van der Waals surface area contributed by atoms with Crippen LogP contribution in [0.3, 0.4) is 0 Å². The summed E-state index contributed by atoms with van der Waals surface area (Å²) in [6, 6.07) is 15.0. The van der Waals surface area contributed by atoms with Crippen molar-refractivity contribution < 1.29 is 0 Å². The molecule has 2 aromatic carbocycles. The van der Waals surface area contributed by atoms with E-state index in [1.54, 1.807) is 6.21 Å². The zero-order valence-corrected chi connectivity index (χ0v) is 9.35. The van der Waals surface area contributed by atoms with E-state index in [9.17, 15) is 0 Å². The second-order valence-electron chi connectivity index (χ2n) is 3.34. The lowest BCUT2D eigenvalue weighted by Gasteiger charge is -1.99. The quantitative estimate of drug-likeness (QED) is 0.620. The summed E-state index contributed by atoms with van der Waals surface area (Å²) in [4.78, 5) is 4.30. The van der Waals surface area contributed by atoms with Gasteiger partial charge in [-0.1, -0.05) is 41.9 Å². The summed E-state index contributed by atoms with van der Waals surface area (Å²) < 4.78 is 0. The van der Waals surface area contributed by atoms with E-state index in [0.717, 1.165) is 11.3 Å². The molecule has 0 saturated heterocycles. The fraction of sp³-hybridized carbons (Fsp3) is 0. The Bertz CT molecular complexity index is 473. The minimum Gasteiger partial charge on any atom is -0.397 e. The van der Waals surface area contributed by atoms with Gasteiger partial charge in [-0.3, -0.25) is 4.99 Å². The highest BCUT2D eigenvalue weighted by atomic mass is 35.5. The van der Waals surface area contributed by atoms with Crippen LogP contribution in [0.15, 0.2) is 53.5 Å². The van der Waals surface area contributed by atoms with Crippen molar-refractivity contribution in [2.75, 3.05) is 5.73 Å². The summed E-state index contributed by atoms with van der Waals surface area (Å²) in [7, 11) is 0. The maximum atomic E-state index is 6.01. The van der Waals surface area contributed by atoms with Gasteiger partial charge in [-0.05, 0) is 18.2 Å². The van der Waals surface area contributed by atoms with Gasteiger partial charge in [-0.15, -0.1) is 0 Å². The number of hydrogen-bond acceptors (Lipinski definition) is 2. The van der Waals surface area contributed by atoms with Crippen LogP contribution >= 0.6 is 11.6 Å². The number of rotatable bonds is 2. The van der Waals surface area contributed by atoms with Gasteiger partial charge >= 0.3 is 0 Å². The maximum Gasteiger partial charge on any atom is 0.0859 e. The van der Waals surface area contributed by atoms with Crippen LogP contribution in [0, 0.1) is 0 Å². The molecule has 0 unspecified atom stereocenters. The predicted molar refractivity (Wildman–Crippen MR) is 69.6 cm³/mol. The number of anilines is 1. The van der Waals surface area contributed by atoms with Crippen LogP contribution in [-0.4, -0.2) is 6.21 Å². The van der Waals surface area contributed by atoms with Gasteiger partial charge in [0, 0.05) is 16.8 Å². The van der Waals surface area contributed by atoms with Crippen LogP contribution in [-0.2, 0) is 0 Å². The molecule has 2 nitrogen and oxygen atoms in total. The molecule has 0 atom stereocenters. The Morgan fingerprint density at radius 2 is 1.69 bits per heavy atom. The minimum atomic E-state index is 0.658. The van der Waals surface area contributed by atoms with Crippen LogP contribution in [0.1, 0.15) is 5.56 Å². The van der Waals surface area contributed by atoms with Gasteiger partial charge in [-0.25, -0.2) is 0 Å². The monoisotopic (exact) mass is 230 g/mol. The molecule has 0 heterocycles. The Labute approximate surface area is 99.4 Å². The van der Waals surface area contributed by atoms with Crippen molar-refractivity contribution in [2.24, 2.45) is 4.99 Å². The molecule has 0 aliphatic carbocycles. The summed E-state index contributed by atoms with van der Waals surface area (Å²) >= 11 is 6.01. The van der Waals surface area contributed by atoms with Crippen molar-refractivity contribution in [2.45, 2.75) is 0 Å². The van der Waals surface area contributed by atoms with Gasteiger partial charge in [0.15, 0.2) is 0 Å². The third kappa shape index (κ3) is 2.41. The smallest absolute Gasteiger partial charge is 0.0859 e. The third-order valence-electron chi connectivity index (χ3n) is 2.18. The molecule has 0 aliphatic heterocycles. The normalized spacial score (nSPS) is 10.8. The average Bonchev–Trinajstić information content (AvgIpc) is 2.30. The van der Waals surface area contributed by atoms with E-state index >= 15 is 0 Å². The summed E-state index contributed by atoms with van der Waals surface area (Å²) in [5, 5.41) is 0.681. The number of aliphatic imine (C=N–C) groups is 1. The van der Waals surface area contributed by atoms with Gasteiger partial charge in [0.1, 0.15) is 0 Å². The first kappa shape index (κ1) is 10.7. The molecular weight excluding hydrogens is 220 g/mol. The Morgan fingerprint density at radius 3 is 2.44 bits per heavy atom. The summed E-state index contributed by atoms with van der Waals surface area (Å²) in [5.41, 5.74) is 8.07. The predicted octanol–water partition coefficient (Wildman–Crippen LogP) is 3.67. The molecular formula is C13H11ClN2. The number of nitrogens with two attached hydrogens (primary N) is 1. The van der Waals surface area contributed by atoms with E-state index in [0.29, 0.717) is 10.7 Å². The maximum absolute atomic E-state index is 6.01. The molecule has 2 rings (SSSR count). The number of nitrogen functional groups attached to an aromatic ring is 1. The van der Waals surface area contributed by atoms with E-state index in [1.807, 2.05) is 48.5 Å². The van der Waals surface area contributed by atoms with Crippen molar-refractivity contribution >= 4 is 29.2 Å². The Balaban J connectivity index is 2.29. The fourth-order valence-corrected chi connectivity index (χ4v) is 1.51. The molecule has 3 heteroatoms. The lowest BCUT2D eigenvalue weighted by molar-refractivity contribution is 1.52. The molecule has 2 aromatic rings. The van der Waals surface area contributed by atoms with E-state index in [4.69, 9.17) is 17.3 Å². The average molecular weight is 231 g/mol. The highest BCUT2D eigenvalue weighted by Gasteiger charge is 1.96. The molecule has 0 fully saturated rings. The molecule has 0 aromatic heterocycles. The van der Waals surface area contributed by atoms with Crippen molar-refractivity contribution in [3.63, 3.8) is 0 Å². The van der Waals surface area contributed by atoms with Crippen molar-refractivity contribution in [1.29, 1.82) is 0 Å². The second kappa shape index (κ2) is 4.81. The summed E-state index contributed by atoms with van der Waals surface area (Å²) in [6.45, 7) is 0. The number of halogens is 1. The van der Waals surface area contributed by atoms with Crippen molar-refractivity contribution in [3.05, 3.63) is 59.1 Å². The standard InChI is InChI=1S/C13H11ClN2/c14-11-6-2-1-5-10(11)9-16-13-8-4-3-7-12(13)15/h1-9H,15H2. The highest BCUT2D eigenvalue weighted by Crippen LogP contribution is 2.21. The lowest BCUT2D eigenvalue weighted by atomic mass is 10.2. The summed E-state index contributed by atoms with van der Waals surface area (Å²) in [5.74, 6) is 0. The Morgan fingerprint density at radius 1 is 1.00 bits per heavy atom. The fourth-order valence-electron chi connectivity index (χ4n) is 1.32. The Kier molecular flexibility index (Phi) is 3.22. The lowest BCUT2D eigenvalue weighted by Crippen LogP contribution is -1.85. The molecule has 0 amide bonds. The van der Waals surface area contributed by atoms with Crippen LogP contribution in [0.2, 0.25) is 5.02 Å². The highest BCUT2D eigenvalue weighted by molar-refractivity contribution is 6.33. The molecule has 0 bridgehead atoms. The molecule has 16 heavy (non-hydrogen) atoms. The second-order valence-corrected chi connectivity index (χ2v) is 3.75. The van der Waals surface area contributed by atoms with Gasteiger partial charge in [-0.2, -0.15) is 0 Å². The first-order valence-corrected chi connectivity index (χ1v) is 5.28. The zero-order valence-electron chi connectivity index (χ0n) is 8.60. The Hall–Kier alpha value is -1.80. The number of nitrogens with zero attached hydrogens (tertiary/aromatic N) is 1. The SMILES string of the molecule is Nc1ccccc1N=Cc1ccccc1Cl. The first-order chi connectivity index (χ1) is 7.77. The summed E-state index contributed by atoms with van der Waals surface area (Å²) in [6.07, 6.45) is 1.72. The third-order valence-corrected chi connectivity index (χ3v) is 2.53. The van der Waals surface area contributed by atoms with E-state index in [2.05, 4.69) is 4.99 Å². The van der Waals surface area contributed by atoms with Gasteiger partial charge < -0.3 is 5.73 Å². The van der Waals surface area contributed by atoms with Gasteiger partial charge in [0.25, 0.3) is 0 Å². The molecule has 0 radical (unpaired) electrons. The molecule has 80 valence electrons. The van der Waals surface area contributed by atoms with E-state index < -0.39 is 0 Å². The zero-order chi connectivity index (χ0) is 11.4. The first-order valence-electron chi connectivity index (χ1n) is 4.90. The van der Waals surface area contributed by atoms with Crippen molar-refractivity contribution in [3.8, 4) is 0 Å². The van der Waals surface area contributed by atoms with Crippen LogP contribution in [0.25, 0.3) is 0 Å². The van der Waals surface area contributed by atoms with Crippen molar-refractivity contribution in [1.82, 2.24) is 0 Å². The van der Waals surface area contributed by atoms with Gasteiger partial charge in [0.2, 0.25) is 0 Å². The number of para-hydroxylation sites is 2. The molecule has 0 aliphatic rings. The van der Waals surface area contributed by atoms with Crippen LogP contribution < -0.4 is 5.73 Å². The van der Waals surface area contributed by atoms with E-state index in [1.165, 1.54) is 0 Å². The molecule has 0 saturated carbocycles. The largest absolute Gasteiger partial charge is 0.397 e.